The second-order valence-electron chi connectivity index (χ2n) is 2.57. The van der Waals surface area contributed by atoms with Gasteiger partial charge in [-0.1, -0.05) is 30.4 Å². The summed E-state index contributed by atoms with van der Waals surface area (Å²) in [5.41, 5.74) is 1.22. The Hall–Kier alpha value is -0.470. The third-order valence-corrected chi connectivity index (χ3v) is 2.13. The number of allylic oxidation sites excluding steroid dienone is 4. The van der Waals surface area contributed by atoms with Gasteiger partial charge in [-0.05, 0) is 18.4 Å². The Morgan fingerprint density at radius 1 is 1.55 bits per heavy atom. The smallest absolute Gasteiger partial charge is 0.0434 e. The molecule has 0 saturated heterocycles. The van der Waals surface area contributed by atoms with Crippen LogP contribution in [0.1, 0.15) is 19.3 Å². The highest BCUT2D eigenvalue weighted by atomic mass is 32.1. The average Bonchev–Trinajstić information content (AvgIpc) is 2.03. The number of aliphatic hydroxyl groups is 1. The van der Waals surface area contributed by atoms with Gasteiger partial charge in [0.05, 0.1) is 0 Å². The monoisotopic (exact) mass is 168 g/mol. The maximum atomic E-state index is 8.59. The van der Waals surface area contributed by atoms with Gasteiger partial charge < -0.3 is 5.11 Å². The highest BCUT2D eigenvalue weighted by molar-refractivity contribution is 7.80. The number of thiocarbonyl (C=S) groups is 1. The molecule has 11 heavy (non-hydrogen) atoms. The standard InChI is InChI=1S/C9H12OS/c10-7-3-5-8-4-1-2-6-9(8)11/h1-2,4,10H,3,5-7H2. The topological polar surface area (TPSA) is 20.2 Å². The second-order valence-corrected chi connectivity index (χ2v) is 3.07. The molecule has 0 aromatic rings. The molecule has 60 valence electrons. The van der Waals surface area contributed by atoms with Crippen LogP contribution in [0.5, 0.6) is 0 Å². The summed E-state index contributed by atoms with van der Waals surface area (Å²) in [4.78, 5) is 1.03. The molecule has 0 heterocycles. The van der Waals surface area contributed by atoms with Crippen molar-refractivity contribution in [2.45, 2.75) is 19.3 Å². The Kier molecular flexibility index (Phi) is 3.46. The summed E-state index contributed by atoms with van der Waals surface area (Å²) in [7, 11) is 0. The van der Waals surface area contributed by atoms with Gasteiger partial charge in [-0.25, -0.2) is 0 Å². The fourth-order valence-electron chi connectivity index (χ4n) is 1.08. The van der Waals surface area contributed by atoms with E-state index in [1.807, 2.05) is 12.2 Å². The van der Waals surface area contributed by atoms with Crippen molar-refractivity contribution >= 4 is 17.1 Å². The zero-order valence-electron chi connectivity index (χ0n) is 6.42. The van der Waals surface area contributed by atoms with Crippen molar-refractivity contribution in [3.63, 3.8) is 0 Å². The largest absolute Gasteiger partial charge is 0.396 e. The van der Waals surface area contributed by atoms with Crippen LogP contribution in [0.3, 0.4) is 0 Å². The minimum absolute atomic E-state index is 0.254. The Morgan fingerprint density at radius 3 is 3.00 bits per heavy atom. The molecule has 0 aromatic heterocycles. The molecule has 1 rings (SSSR count). The molecule has 0 unspecified atom stereocenters. The Morgan fingerprint density at radius 2 is 2.36 bits per heavy atom. The molecule has 0 spiro atoms. The minimum Gasteiger partial charge on any atom is -0.396 e. The summed E-state index contributed by atoms with van der Waals surface area (Å²) in [6.07, 6.45) is 8.76. The lowest BCUT2D eigenvalue weighted by molar-refractivity contribution is 0.289. The third-order valence-electron chi connectivity index (χ3n) is 1.70. The molecule has 0 amide bonds. The maximum absolute atomic E-state index is 8.59. The fourth-order valence-corrected chi connectivity index (χ4v) is 1.34. The first-order chi connectivity index (χ1) is 5.34. The summed E-state index contributed by atoms with van der Waals surface area (Å²) < 4.78 is 0. The first-order valence-electron chi connectivity index (χ1n) is 3.84. The molecular formula is C9H12OS. The number of rotatable bonds is 3. The molecule has 1 aliphatic carbocycles. The SMILES string of the molecule is OCCCC1=CC=CCC1=S. The normalized spacial score (nSPS) is 16.8. The molecule has 2 heteroatoms. The Labute approximate surface area is 72.4 Å². The molecule has 0 radical (unpaired) electrons. The molecule has 1 N–H and O–H groups in total. The van der Waals surface area contributed by atoms with Crippen molar-refractivity contribution in [1.82, 2.24) is 0 Å². The lowest BCUT2D eigenvalue weighted by Gasteiger charge is -2.08. The summed E-state index contributed by atoms with van der Waals surface area (Å²) in [5, 5.41) is 8.59. The van der Waals surface area contributed by atoms with E-state index in [0.29, 0.717) is 0 Å². The molecule has 0 aliphatic heterocycles. The van der Waals surface area contributed by atoms with E-state index < -0.39 is 0 Å². The van der Waals surface area contributed by atoms with E-state index in [9.17, 15) is 0 Å². The third kappa shape index (κ3) is 2.56. The van der Waals surface area contributed by atoms with Gasteiger partial charge in [0.25, 0.3) is 0 Å². The molecular weight excluding hydrogens is 156 g/mol. The Balaban J connectivity index is 2.47. The first-order valence-corrected chi connectivity index (χ1v) is 4.25. The molecule has 0 fully saturated rings. The molecule has 0 bridgehead atoms. The van der Waals surface area contributed by atoms with Crippen molar-refractivity contribution in [2.75, 3.05) is 6.61 Å². The molecule has 1 nitrogen and oxygen atoms in total. The highest BCUT2D eigenvalue weighted by Crippen LogP contribution is 2.14. The van der Waals surface area contributed by atoms with Crippen molar-refractivity contribution < 1.29 is 5.11 Å². The molecule has 1 aliphatic rings. The van der Waals surface area contributed by atoms with Crippen LogP contribution in [0, 0.1) is 0 Å². The number of aliphatic hydroxyl groups excluding tert-OH is 1. The van der Waals surface area contributed by atoms with Crippen LogP contribution in [0.25, 0.3) is 0 Å². The predicted molar refractivity (Wildman–Crippen MR) is 50.8 cm³/mol. The van der Waals surface area contributed by atoms with Crippen LogP contribution < -0.4 is 0 Å². The van der Waals surface area contributed by atoms with Crippen LogP contribution in [0.15, 0.2) is 23.8 Å². The van der Waals surface area contributed by atoms with Gasteiger partial charge in [-0.2, -0.15) is 0 Å². The number of hydrogen-bond acceptors (Lipinski definition) is 2. The van der Waals surface area contributed by atoms with E-state index in [0.717, 1.165) is 24.1 Å². The van der Waals surface area contributed by atoms with Gasteiger partial charge in [0.2, 0.25) is 0 Å². The number of hydrogen-bond donors (Lipinski definition) is 1. The minimum atomic E-state index is 0.254. The second kappa shape index (κ2) is 4.42. The quantitative estimate of drug-likeness (QED) is 0.650. The Bertz CT molecular complexity index is 204. The maximum Gasteiger partial charge on any atom is 0.0434 e. The van der Waals surface area contributed by atoms with Crippen LogP contribution in [0.2, 0.25) is 0 Å². The van der Waals surface area contributed by atoms with Gasteiger partial charge >= 0.3 is 0 Å². The van der Waals surface area contributed by atoms with Crippen LogP contribution in [0.4, 0.5) is 0 Å². The van der Waals surface area contributed by atoms with E-state index in [4.69, 9.17) is 17.3 Å². The summed E-state index contributed by atoms with van der Waals surface area (Å²) >= 11 is 5.14. The molecule has 0 aromatic carbocycles. The van der Waals surface area contributed by atoms with Gasteiger partial charge in [0, 0.05) is 17.9 Å². The van der Waals surface area contributed by atoms with Gasteiger partial charge in [-0.3, -0.25) is 0 Å². The van der Waals surface area contributed by atoms with E-state index in [2.05, 4.69) is 6.08 Å². The predicted octanol–water partition coefficient (Wildman–Crippen LogP) is 2.02. The van der Waals surface area contributed by atoms with E-state index in [-0.39, 0.29) is 6.61 Å². The van der Waals surface area contributed by atoms with E-state index >= 15 is 0 Å². The zero-order valence-corrected chi connectivity index (χ0v) is 7.23. The van der Waals surface area contributed by atoms with E-state index in [1.165, 1.54) is 5.57 Å². The highest BCUT2D eigenvalue weighted by Gasteiger charge is 2.04. The van der Waals surface area contributed by atoms with Crippen LogP contribution in [-0.4, -0.2) is 16.6 Å². The van der Waals surface area contributed by atoms with Crippen molar-refractivity contribution in [3.8, 4) is 0 Å². The lowest BCUT2D eigenvalue weighted by atomic mass is 10.0. The first kappa shape index (κ1) is 8.62. The zero-order chi connectivity index (χ0) is 8.10. The molecule has 0 atom stereocenters. The fraction of sp³-hybridized carbons (Fsp3) is 0.444. The lowest BCUT2D eigenvalue weighted by Crippen LogP contribution is -2.02. The summed E-state index contributed by atoms with van der Waals surface area (Å²) in [5.74, 6) is 0. The van der Waals surface area contributed by atoms with Gasteiger partial charge in [-0.15, -0.1) is 0 Å². The van der Waals surface area contributed by atoms with Gasteiger partial charge in [0.15, 0.2) is 0 Å². The average molecular weight is 168 g/mol. The van der Waals surface area contributed by atoms with Crippen LogP contribution >= 0.6 is 12.2 Å². The summed E-state index contributed by atoms with van der Waals surface area (Å²) in [6.45, 7) is 0.254. The van der Waals surface area contributed by atoms with E-state index in [1.54, 1.807) is 0 Å². The van der Waals surface area contributed by atoms with Crippen molar-refractivity contribution in [2.24, 2.45) is 0 Å². The van der Waals surface area contributed by atoms with Crippen molar-refractivity contribution in [3.05, 3.63) is 23.8 Å². The summed E-state index contributed by atoms with van der Waals surface area (Å²) in [6, 6.07) is 0. The van der Waals surface area contributed by atoms with Gasteiger partial charge in [0.1, 0.15) is 0 Å². The van der Waals surface area contributed by atoms with Crippen LogP contribution in [-0.2, 0) is 0 Å². The van der Waals surface area contributed by atoms with Crippen molar-refractivity contribution in [1.29, 1.82) is 0 Å². The molecule has 0 saturated carbocycles.